The molecule has 0 bridgehead atoms. The molecule has 0 spiro atoms. The predicted molar refractivity (Wildman–Crippen MR) is 86.1 cm³/mol. The Morgan fingerprint density at radius 3 is 1.55 bits per heavy atom. The molecular formula is C14H10Br2N2O4. The average molecular weight is 430 g/mol. The Kier molecular flexibility index (Phi) is 3.90. The molecule has 2 aliphatic rings. The first kappa shape index (κ1) is 15.4. The summed E-state index contributed by atoms with van der Waals surface area (Å²) in [5, 5.41) is 0. The van der Waals surface area contributed by atoms with Crippen molar-refractivity contribution in [3.05, 3.63) is 24.3 Å². The highest BCUT2D eigenvalue weighted by Gasteiger charge is 2.40. The van der Waals surface area contributed by atoms with Gasteiger partial charge in [-0.15, -0.1) is 0 Å². The monoisotopic (exact) mass is 428 g/mol. The quantitative estimate of drug-likeness (QED) is 0.530. The van der Waals surface area contributed by atoms with Crippen molar-refractivity contribution in [1.29, 1.82) is 0 Å². The van der Waals surface area contributed by atoms with Crippen molar-refractivity contribution in [3.63, 3.8) is 0 Å². The molecule has 0 N–H and O–H groups in total. The number of hydrogen-bond donors (Lipinski definition) is 0. The van der Waals surface area contributed by atoms with E-state index in [1.54, 1.807) is 18.2 Å². The van der Waals surface area contributed by atoms with Gasteiger partial charge >= 0.3 is 0 Å². The summed E-state index contributed by atoms with van der Waals surface area (Å²) in [6.45, 7) is 0. The van der Waals surface area contributed by atoms with E-state index in [1.165, 1.54) is 6.07 Å². The summed E-state index contributed by atoms with van der Waals surface area (Å²) in [4.78, 5) is 49.0. The van der Waals surface area contributed by atoms with E-state index < -0.39 is 9.65 Å². The molecule has 0 aliphatic carbocycles. The number of carbonyl (C=O) groups excluding carboxylic acids is 4. The summed E-state index contributed by atoms with van der Waals surface area (Å²) in [7, 11) is 0. The molecule has 22 heavy (non-hydrogen) atoms. The minimum absolute atomic E-state index is 0.0914. The fourth-order valence-electron chi connectivity index (χ4n) is 2.50. The zero-order valence-corrected chi connectivity index (χ0v) is 14.3. The number of halogens is 2. The maximum absolute atomic E-state index is 12.0. The van der Waals surface area contributed by atoms with Gasteiger partial charge in [-0.1, -0.05) is 37.9 Å². The third-order valence-electron chi connectivity index (χ3n) is 3.53. The van der Waals surface area contributed by atoms with Crippen molar-refractivity contribution in [2.24, 2.45) is 0 Å². The molecule has 0 saturated carbocycles. The summed E-state index contributed by atoms with van der Waals surface area (Å²) in [5.41, 5.74) is 0.709. The summed E-state index contributed by atoms with van der Waals surface area (Å²) < 4.78 is 0. The van der Waals surface area contributed by atoms with Gasteiger partial charge in [-0.25, -0.2) is 9.80 Å². The van der Waals surface area contributed by atoms with Crippen LogP contribution >= 0.6 is 31.9 Å². The minimum atomic E-state index is -0.536. The smallest absolute Gasteiger partial charge is 0.248 e. The summed E-state index contributed by atoms with van der Waals surface area (Å²) in [5.74, 6) is -1.33. The van der Waals surface area contributed by atoms with Crippen molar-refractivity contribution in [1.82, 2.24) is 0 Å². The van der Waals surface area contributed by atoms with Crippen LogP contribution in [0.1, 0.15) is 12.8 Å². The lowest BCUT2D eigenvalue weighted by atomic mass is 10.2. The van der Waals surface area contributed by atoms with E-state index in [1.807, 2.05) is 0 Å². The number of benzene rings is 1. The van der Waals surface area contributed by atoms with Crippen LogP contribution in [0.5, 0.6) is 0 Å². The number of anilines is 2. The minimum Gasteiger partial charge on any atom is -0.274 e. The fourth-order valence-corrected chi connectivity index (χ4v) is 3.47. The standard InChI is InChI=1S/C14H10Br2N2O4/c15-9-5-11(19)17(13(9)21)7-2-1-3-8(4-7)18-12(20)6-10(16)14(18)22/h1-4,9-10H,5-6H2. The second-order valence-corrected chi connectivity index (χ2v) is 7.21. The summed E-state index contributed by atoms with van der Waals surface area (Å²) in [6, 6.07) is 6.30. The van der Waals surface area contributed by atoms with Gasteiger partial charge in [0.15, 0.2) is 0 Å². The Labute approximate surface area is 142 Å². The molecule has 2 unspecified atom stereocenters. The maximum atomic E-state index is 12.0. The molecule has 1 aromatic rings. The average Bonchev–Trinajstić information content (AvgIpc) is 2.86. The van der Waals surface area contributed by atoms with Gasteiger partial charge in [0.05, 0.1) is 11.4 Å². The highest BCUT2D eigenvalue weighted by Crippen LogP contribution is 2.32. The van der Waals surface area contributed by atoms with Crippen molar-refractivity contribution in [3.8, 4) is 0 Å². The van der Waals surface area contributed by atoms with Crippen LogP contribution in [-0.4, -0.2) is 33.3 Å². The number of imide groups is 2. The van der Waals surface area contributed by atoms with Crippen LogP contribution in [0.4, 0.5) is 11.4 Å². The molecule has 2 atom stereocenters. The van der Waals surface area contributed by atoms with Crippen molar-refractivity contribution < 1.29 is 19.2 Å². The van der Waals surface area contributed by atoms with Crippen molar-refractivity contribution in [2.45, 2.75) is 22.5 Å². The molecule has 2 fully saturated rings. The fraction of sp³-hybridized carbons (Fsp3) is 0.286. The second kappa shape index (κ2) is 5.58. The maximum Gasteiger partial charge on any atom is 0.248 e. The predicted octanol–water partition coefficient (Wildman–Crippen LogP) is 1.74. The van der Waals surface area contributed by atoms with Crippen LogP contribution in [0.15, 0.2) is 24.3 Å². The molecule has 4 amide bonds. The lowest BCUT2D eigenvalue weighted by Gasteiger charge is -2.18. The SMILES string of the molecule is O=C1CC(Br)C(=O)N1c1cccc(N2C(=O)CC(Br)C2=O)c1. The largest absolute Gasteiger partial charge is 0.274 e. The molecule has 2 aliphatic heterocycles. The highest BCUT2D eigenvalue weighted by atomic mass is 79.9. The number of carbonyl (C=O) groups is 4. The molecule has 6 nitrogen and oxygen atoms in total. The van der Waals surface area contributed by atoms with Crippen molar-refractivity contribution in [2.75, 3.05) is 9.80 Å². The number of amides is 4. The molecule has 2 saturated heterocycles. The first-order valence-electron chi connectivity index (χ1n) is 6.52. The zero-order valence-electron chi connectivity index (χ0n) is 11.2. The Morgan fingerprint density at radius 2 is 1.23 bits per heavy atom. The van der Waals surface area contributed by atoms with Gasteiger partial charge in [0, 0.05) is 12.8 Å². The molecule has 0 aromatic heterocycles. The van der Waals surface area contributed by atoms with Gasteiger partial charge in [-0.3, -0.25) is 19.2 Å². The molecule has 114 valence electrons. The lowest BCUT2D eigenvalue weighted by Crippen LogP contribution is -2.32. The van der Waals surface area contributed by atoms with E-state index in [2.05, 4.69) is 31.9 Å². The van der Waals surface area contributed by atoms with Gasteiger partial charge in [-0.2, -0.15) is 0 Å². The third kappa shape index (κ3) is 2.40. The first-order chi connectivity index (χ1) is 10.4. The van der Waals surface area contributed by atoms with Gasteiger partial charge in [0.2, 0.25) is 23.6 Å². The number of alkyl halides is 2. The zero-order chi connectivity index (χ0) is 16.0. The van der Waals surface area contributed by atoms with Crippen LogP contribution in [0.25, 0.3) is 0 Å². The Bertz CT molecular complexity index is 651. The van der Waals surface area contributed by atoms with Crippen LogP contribution in [0, 0.1) is 0 Å². The summed E-state index contributed by atoms with van der Waals surface area (Å²) >= 11 is 6.31. The van der Waals surface area contributed by atoms with Crippen LogP contribution < -0.4 is 9.80 Å². The second-order valence-electron chi connectivity index (χ2n) is 5.00. The summed E-state index contributed by atoms with van der Waals surface area (Å²) in [6.07, 6.45) is 0.183. The first-order valence-corrected chi connectivity index (χ1v) is 8.35. The normalized spacial score (nSPS) is 25.5. The molecule has 2 heterocycles. The van der Waals surface area contributed by atoms with Gasteiger partial charge in [-0.05, 0) is 18.2 Å². The van der Waals surface area contributed by atoms with E-state index in [4.69, 9.17) is 0 Å². The van der Waals surface area contributed by atoms with Crippen LogP contribution in [-0.2, 0) is 19.2 Å². The van der Waals surface area contributed by atoms with E-state index in [9.17, 15) is 19.2 Å². The van der Waals surface area contributed by atoms with E-state index in [0.717, 1.165) is 9.80 Å². The Hall–Kier alpha value is -1.54. The molecule has 8 heteroatoms. The Balaban J connectivity index is 1.97. The molecule has 3 rings (SSSR count). The molecule has 0 radical (unpaired) electrons. The van der Waals surface area contributed by atoms with E-state index in [0.29, 0.717) is 11.4 Å². The van der Waals surface area contributed by atoms with Gasteiger partial charge in [0.25, 0.3) is 0 Å². The number of nitrogens with zero attached hydrogens (tertiary/aromatic N) is 2. The number of rotatable bonds is 2. The van der Waals surface area contributed by atoms with Gasteiger partial charge in [0.1, 0.15) is 9.65 Å². The lowest BCUT2D eigenvalue weighted by molar-refractivity contribution is -0.122. The topological polar surface area (TPSA) is 74.8 Å². The number of hydrogen-bond acceptors (Lipinski definition) is 4. The van der Waals surface area contributed by atoms with Crippen molar-refractivity contribution >= 4 is 66.9 Å². The molecular weight excluding hydrogens is 420 g/mol. The Morgan fingerprint density at radius 1 is 0.818 bits per heavy atom. The van der Waals surface area contributed by atoms with Crippen LogP contribution in [0.2, 0.25) is 0 Å². The highest BCUT2D eigenvalue weighted by molar-refractivity contribution is 9.10. The van der Waals surface area contributed by atoms with Crippen LogP contribution in [0.3, 0.4) is 0 Å². The van der Waals surface area contributed by atoms with E-state index >= 15 is 0 Å². The van der Waals surface area contributed by atoms with E-state index in [-0.39, 0.29) is 36.5 Å². The van der Waals surface area contributed by atoms with Gasteiger partial charge < -0.3 is 0 Å². The molecule has 1 aromatic carbocycles. The third-order valence-corrected chi connectivity index (χ3v) is 4.96.